The van der Waals surface area contributed by atoms with E-state index in [2.05, 4.69) is 66.2 Å². The van der Waals surface area contributed by atoms with Crippen molar-refractivity contribution in [1.82, 2.24) is 14.9 Å². The molecule has 0 spiro atoms. The maximum atomic E-state index is 11.6. The molecule has 1 N–H and O–H groups in total. The number of carbonyl (C=O) groups is 1. The second-order valence-corrected chi connectivity index (χ2v) is 9.78. The van der Waals surface area contributed by atoms with Crippen LogP contribution in [0.4, 0.5) is 10.6 Å². The minimum Gasteiger partial charge on any atom is -0.465 e. The third-order valence-corrected chi connectivity index (χ3v) is 7.10. The number of benzene rings is 1. The molecule has 6 nitrogen and oxygen atoms in total. The lowest BCUT2D eigenvalue weighted by Gasteiger charge is -2.33. The fraction of sp³-hybridized carbons (Fsp3) is 0.423. The van der Waals surface area contributed by atoms with Gasteiger partial charge in [-0.25, -0.2) is 14.8 Å². The molecule has 0 saturated carbocycles. The molecule has 1 fully saturated rings. The predicted molar refractivity (Wildman–Crippen MR) is 134 cm³/mol. The fourth-order valence-corrected chi connectivity index (χ4v) is 4.89. The Kier molecular flexibility index (Phi) is 7.60. The molecule has 0 atom stereocenters. The van der Waals surface area contributed by atoms with Crippen molar-refractivity contribution in [1.29, 1.82) is 0 Å². The maximum absolute atomic E-state index is 11.6. The zero-order valence-corrected chi connectivity index (χ0v) is 20.2. The Hall–Kier alpha value is -2.93. The Bertz CT molecular complexity index is 1030. The largest absolute Gasteiger partial charge is 0.465 e. The van der Waals surface area contributed by atoms with E-state index >= 15 is 0 Å². The Balaban J connectivity index is 1.31. The highest BCUT2D eigenvalue weighted by Crippen LogP contribution is 2.27. The van der Waals surface area contributed by atoms with Crippen LogP contribution in [0.15, 0.2) is 53.4 Å². The first-order valence-electron chi connectivity index (χ1n) is 11.7. The van der Waals surface area contributed by atoms with Crippen LogP contribution < -0.4 is 4.90 Å². The predicted octanol–water partition coefficient (Wildman–Crippen LogP) is 6.12. The number of amides is 1. The average Bonchev–Trinajstić information content (AvgIpc) is 3.35. The summed E-state index contributed by atoms with van der Waals surface area (Å²) in [6, 6.07) is 14.9. The van der Waals surface area contributed by atoms with Crippen molar-refractivity contribution in [2.24, 2.45) is 5.92 Å². The first-order chi connectivity index (χ1) is 16.0. The normalized spacial score (nSPS) is 14.6. The van der Waals surface area contributed by atoms with E-state index in [1.54, 1.807) is 5.51 Å². The highest BCUT2D eigenvalue weighted by Gasteiger charge is 2.22. The SMILES string of the molecule is CC(C)c1ccc(-c2cccc(N3CCC(CCN(Cc4cscn4)C(=O)O)CC3)n2)cc1. The van der Waals surface area contributed by atoms with Gasteiger partial charge in [0.15, 0.2) is 0 Å². The number of nitrogens with zero attached hydrogens (tertiary/aromatic N) is 4. The highest BCUT2D eigenvalue weighted by molar-refractivity contribution is 7.07. The number of thiazole rings is 1. The molecular weight excluding hydrogens is 432 g/mol. The molecule has 174 valence electrons. The second kappa shape index (κ2) is 10.8. The number of carboxylic acid groups (broad SMARTS) is 1. The van der Waals surface area contributed by atoms with Crippen LogP contribution in [0.1, 0.15) is 50.3 Å². The Morgan fingerprint density at radius 2 is 1.94 bits per heavy atom. The number of anilines is 1. The van der Waals surface area contributed by atoms with E-state index in [1.807, 2.05) is 5.38 Å². The summed E-state index contributed by atoms with van der Waals surface area (Å²) < 4.78 is 0. The molecule has 1 aliphatic rings. The van der Waals surface area contributed by atoms with Gasteiger partial charge in [-0.15, -0.1) is 11.3 Å². The average molecular weight is 465 g/mol. The van der Waals surface area contributed by atoms with E-state index in [-0.39, 0.29) is 0 Å². The molecule has 3 aromatic rings. The third kappa shape index (κ3) is 6.11. The number of pyridine rings is 1. The van der Waals surface area contributed by atoms with E-state index in [9.17, 15) is 9.90 Å². The van der Waals surface area contributed by atoms with Crippen molar-refractivity contribution in [2.75, 3.05) is 24.5 Å². The lowest BCUT2D eigenvalue weighted by Crippen LogP contribution is -2.36. The molecule has 1 aromatic carbocycles. The monoisotopic (exact) mass is 464 g/mol. The number of hydrogen-bond acceptors (Lipinski definition) is 5. The Morgan fingerprint density at radius 1 is 1.18 bits per heavy atom. The molecule has 1 amide bonds. The molecule has 0 aliphatic carbocycles. The van der Waals surface area contributed by atoms with Gasteiger partial charge in [-0.2, -0.15) is 0 Å². The number of piperidine rings is 1. The molecule has 0 unspecified atom stereocenters. The molecule has 0 bridgehead atoms. The molecule has 3 heterocycles. The smallest absolute Gasteiger partial charge is 0.407 e. The van der Waals surface area contributed by atoms with Gasteiger partial charge < -0.3 is 14.9 Å². The summed E-state index contributed by atoms with van der Waals surface area (Å²) in [5.41, 5.74) is 6.05. The molecule has 1 saturated heterocycles. The van der Waals surface area contributed by atoms with Crippen LogP contribution >= 0.6 is 11.3 Å². The topological polar surface area (TPSA) is 69.6 Å². The van der Waals surface area contributed by atoms with Gasteiger partial charge in [0.1, 0.15) is 5.82 Å². The van der Waals surface area contributed by atoms with E-state index in [0.717, 1.165) is 55.1 Å². The molecule has 1 aliphatic heterocycles. The molecule has 4 rings (SSSR count). The summed E-state index contributed by atoms with van der Waals surface area (Å²) in [7, 11) is 0. The zero-order chi connectivity index (χ0) is 23.2. The van der Waals surface area contributed by atoms with E-state index in [0.29, 0.717) is 24.9 Å². The fourth-order valence-electron chi connectivity index (χ4n) is 4.34. The second-order valence-electron chi connectivity index (χ2n) is 9.06. The highest BCUT2D eigenvalue weighted by atomic mass is 32.1. The minimum atomic E-state index is -0.872. The van der Waals surface area contributed by atoms with Gasteiger partial charge in [0, 0.05) is 30.6 Å². The van der Waals surface area contributed by atoms with Crippen LogP contribution in [0, 0.1) is 5.92 Å². The van der Waals surface area contributed by atoms with Crippen LogP contribution in [-0.4, -0.2) is 45.7 Å². The minimum absolute atomic E-state index is 0.368. The number of aromatic nitrogens is 2. The quantitative estimate of drug-likeness (QED) is 0.435. The molecule has 2 aromatic heterocycles. The lowest BCUT2D eigenvalue weighted by atomic mass is 9.93. The maximum Gasteiger partial charge on any atom is 0.407 e. The van der Waals surface area contributed by atoms with Crippen LogP contribution in [0.3, 0.4) is 0 Å². The van der Waals surface area contributed by atoms with E-state index < -0.39 is 6.09 Å². The van der Waals surface area contributed by atoms with Crippen LogP contribution in [-0.2, 0) is 6.54 Å². The Labute approximate surface area is 199 Å². The molecule has 7 heteroatoms. The summed E-state index contributed by atoms with van der Waals surface area (Å²) in [5.74, 6) is 2.08. The van der Waals surface area contributed by atoms with Gasteiger partial charge in [-0.1, -0.05) is 44.2 Å². The summed E-state index contributed by atoms with van der Waals surface area (Å²) in [6.07, 6.45) is 2.13. The van der Waals surface area contributed by atoms with E-state index in [1.165, 1.54) is 21.8 Å². The van der Waals surface area contributed by atoms with Gasteiger partial charge in [0.2, 0.25) is 0 Å². The summed E-state index contributed by atoms with van der Waals surface area (Å²) >= 11 is 1.50. The van der Waals surface area contributed by atoms with Crippen molar-refractivity contribution >= 4 is 23.2 Å². The van der Waals surface area contributed by atoms with Crippen LogP contribution in [0.5, 0.6) is 0 Å². The van der Waals surface area contributed by atoms with Gasteiger partial charge in [-0.3, -0.25) is 0 Å². The van der Waals surface area contributed by atoms with Crippen LogP contribution in [0.2, 0.25) is 0 Å². The van der Waals surface area contributed by atoms with Crippen LogP contribution in [0.25, 0.3) is 11.3 Å². The van der Waals surface area contributed by atoms with Crippen molar-refractivity contribution in [2.45, 2.75) is 45.6 Å². The van der Waals surface area contributed by atoms with E-state index in [4.69, 9.17) is 4.98 Å². The van der Waals surface area contributed by atoms with Crippen molar-refractivity contribution < 1.29 is 9.90 Å². The van der Waals surface area contributed by atoms with Gasteiger partial charge in [0.25, 0.3) is 0 Å². The summed E-state index contributed by atoms with van der Waals surface area (Å²) in [6.45, 7) is 7.23. The lowest BCUT2D eigenvalue weighted by molar-refractivity contribution is 0.137. The standard InChI is InChI=1S/C26H32N4O2S/c1-19(2)21-6-8-22(9-7-21)24-4-3-5-25(28-24)29-13-10-20(11-14-29)12-15-30(26(31)32)16-23-17-33-18-27-23/h3-9,17-20H,10-16H2,1-2H3,(H,31,32). The summed E-state index contributed by atoms with van der Waals surface area (Å²) in [4.78, 5) is 24.6. The van der Waals surface area contributed by atoms with Crippen molar-refractivity contribution in [3.05, 3.63) is 64.6 Å². The van der Waals surface area contributed by atoms with Gasteiger partial charge in [-0.05, 0) is 48.8 Å². The number of rotatable bonds is 8. The first-order valence-corrected chi connectivity index (χ1v) is 12.6. The van der Waals surface area contributed by atoms with Gasteiger partial charge >= 0.3 is 6.09 Å². The molecular formula is C26H32N4O2S. The zero-order valence-electron chi connectivity index (χ0n) is 19.4. The van der Waals surface area contributed by atoms with Crippen molar-refractivity contribution in [3.63, 3.8) is 0 Å². The van der Waals surface area contributed by atoms with Gasteiger partial charge in [0.05, 0.1) is 23.4 Å². The first kappa shape index (κ1) is 23.2. The molecule has 33 heavy (non-hydrogen) atoms. The molecule has 0 radical (unpaired) electrons. The van der Waals surface area contributed by atoms with Crippen molar-refractivity contribution in [3.8, 4) is 11.3 Å². The Morgan fingerprint density at radius 3 is 2.58 bits per heavy atom. The third-order valence-electron chi connectivity index (χ3n) is 6.46. The number of hydrogen-bond donors (Lipinski definition) is 1. The summed E-state index contributed by atoms with van der Waals surface area (Å²) in [5, 5.41) is 11.5.